The Labute approximate surface area is 142 Å². The van der Waals surface area contributed by atoms with Crippen molar-refractivity contribution in [3.8, 4) is 0 Å². The van der Waals surface area contributed by atoms with Crippen LogP contribution in [-0.4, -0.2) is 15.7 Å². The molecule has 0 saturated heterocycles. The maximum Gasteiger partial charge on any atom is 0.260 e. The summed E-state index contributed by atoms with van der Waals surface area (Å²) in [6.45, 7) is 8.38. The number of carbonyl (C=O) groups is 1. The molecule has 1 aromatic heterocycles. The Kier molecular flexibility index (Phi) is 5.47. The molecule has 0 fully saturated rings. The van der Waals surface area contributed by atoms with E-state index in [-0.39, 0.29) is 5.91 Å². The van der Waals surface area contributed by atoms with Crippen molar-refractivity contribution >= 4 is 23.2 Å². The van der Waals surface area contributed by atoms with Crippen LogP contribution in [0.2, 0.25) is 5.15 Å². The first-order valence-electron chi connectivity index (χ1n) is 7.90. The van der Waals surface area contributed by atoms with Gasteiger partial charge in [-0.25, -0.2) is 0 Å². The van der Waals surface area contributed by atoms with Gasteiger partial charge in [-0.2, -0.15) is 5.10 Å². The lowest BCUT2D eigenvalue weighted by Crippen LogP contribution is -2.15. The lowest BCUT2D eigenvalue weighted by molar-refractivity contribution is 0.102. The standard InChI is InChI=1S/C18H24ClN3O/c1-11(2)10-12(3)14-8-6-7-9-15(14)20-18(23)16-13(4)21-22(5)17(16)19/h6-9,11-12H,10H2,1-5H3,(H,20,23). The van der Waals surface area contributed by atoms with E-state index in [1.807, 2.05) is 18.2 Å². The Balaban J connectivity index is 2.28. The van der Waals surface area contributed by atoms with Gasteiger partial charge in [0.25, 0.3) is 5.91 Å². The minimum atomic E-state index is -0.218. The van der Waals surface area contributed by atoms with Gasteiger partial charge in [0.1, 0.15) is 5.15 Å². The van der Waals surface area contributed by atoms with Gasteiger partial charge in [0.05, 0.1) is 11.3 Å². The lowest BCUT2D eigenvalue weighted by Gasteiger charge is -2.18. The predicted octanol–water partition coefficient (Wildman–Crippen LogP) is 4.78. The fraction of sp³-hybridized carbons (Fsp3) is 0.444. The van der Waals surface area contributed by atoms with E-state index in [4.69, 9.17) is 11.6 Å². The third-order valence-electron chi connectivity index (χ3n) is 3.94. The van der Waals surface area contributed by atoms with E-state index < -0.39 is 0 Å². The normalized spacial score (nSPS) is 12.5. The van der Waals surface area contributed by atoms with Gasteiger partial charge >= 0.3 is 0 Å². The number of hydrogen-bond acceptors (Lipinski definition) is 2. The first kappa shape index (κ1) is 17.5. The van der Waals surface area contributed by atoms with Crippen molar-refractivity contribution in [2.24, 2.45) is 13.0 Å². The summed E-state index contributed by atoms with van der Waals surface area (Å²) >= 11 is 6.19. The molecular weight excluding hydrogens is 310 g/mol. The second kappa shape index (κ2) is 7.18. The number of aryl methyl sites for hydroxylation is 2. The van der Waals surface area contributed by atoms with Crippen LogP contribution in [0.4, 0.5) is 5.69 Å². The SMILES string of the molecule is Cc1nn(C)c(Cl)c1C(=O)Nc1ccccc1C(C)CC(C)C. The summed E-state index contributed by atoms with van der Waals surface area (Å²) in [5.41, 5.74) is 3.04. The molecule has 1 unspecified atom stereocenters. The Morgan fingerprint density at radius 3 is 2.52 bits per heavy atom. The highest BCUT2D eigenvalue weighted by atomic mass is 35.5. The van der Waals surface area contributed by atoms with E-state index >= 15 is 0 Å². The van der Waals surface area contributed by atoms with Crippen molar-refractivity contribution < 1.29 is 4.79 Å². The summed E-state index contributed by atoms with van der Waals surface area (Å²) in [6, 6.07) is 7.94. The molecule has 0 aliphatic heterocycles. The Morgan fingerprint density at radius 1 is 1.30 bits per heavy atom. The topological polar surface area (TPSA) is 46.9 Å². The number of para-hydroxylation sites is 1. The Morgan fingerprint density at radius 2 is 1.96 bits per heavy atom. The van der Waals surface area contributed by atoms with Crippen LogP contribution in [0.1, 0.15) is 54.7 Å². The van der Waals surface area contributed by atoms with Crippen LogP contribution >= 0.6 is 11.6 Å². The first-order chi connectivity index (χ1) is 10.8. The molecule has 4 nitrogen and oxygen atoms in total. The molecule has 23 heavy (non-hydrogen) atoms. The maximum absolute atomic E-state index is 12.6. The fourth-order valence-electron chi connectivity index (χ4n) is 2.95. The average Bonchev–Trinajstić information content (AvgIpc) is 2.71. The monoisotopic (exact) mass is 333 g/mol. The Bertz CT molecular complexity index is 706. The van der Waals surface area contributed by atoms with Crippen LogP contribution in [0.15, 0.2) is 24.3 Å². The molecular formula is C18H24ClN3O. The molecule has 1 atom stereocenters. The van der Waals surface area contributed by atoms with Gasteiger partial charge in [0.15, 0.2) is 0 Å². The van der Waals surface area contributed by atoms with Crippen molar-refractivity contribution in [1.29, 1.82) is 0 Å². The molecule has 0 saturated carbocycles. The number of halogens is 1. The molecule has 0 spiro atoms. The maximum atomic E-state index is 12.6. The van der Waals surface area contributed by atoms with E-state index in [2.05, 4.69) is 37.3 Å². The highest BCUT2D eigenvalue weighted by Crippen LogP contribution is 2.30. The third kappa shape index (κ3) is 3.94. The Hall–Kier alpha value is -1.81. The minimum Gasteiger partial charge on any atom is -0.322 e. The predicted molar refractivity (Wildman–Crippen MR) is 95.2 cm³/mol. The third-order valence-corrected chi connectivity index (χ3v) is 4.38. The molecule has 1 amide bonds. The van der Waals surface area contributed by atoms with Gasteiger partial charge in [-0.3, -0.25) is 9.48 Å². The molecule has 124 valence electrons. The molecule has 0 aliphatic carbocycles. The quantitative estimate of drug-likeness (QED) is 0.855. The molecule has 5 heteroatoms. The zero-order valence-corrected chi connectivity index (χ0v) is 15.1. The zero-order valence-electron chi connectivity index (χ0n) is 14.4. The van der Waals surface area contributed by atoms with Gasteiger partial charge in [0, 0.05) is 12.7 Å². The second-order valence-corrected chi connectivity index (χ2v) is 6.80. The molecule has 0 aliphatic rings. The van der Waals surface area contributed by atoms with Crippen molar-refractivity contribution in [2.75, 3.05) is 5.32 Å². The summed E-state index contributed by atoms with van der Waals surface area (Å²) in [7, 11) is 1.73. The van der Waals surface area contributed by atoms with Crippen LogP contribution in [0, 0.1) is 12.8 Å². The average molecular weight is 334 g/mol. The molecule has 2 rings (SSSR count). The summed E-state index contributed by atoms with van der Waals surface area (Å²) in [6.07, 6.45) is 1.07. The number of anilines is 1. The minimum absolute atomic E-state index is 0.218. The van der Waals surface area contributed by atoms with Gasteiger partial charge < -0.3 is 5.32 Å². The smallest absolute Gasteiger partial charge is 0.260 e. The van der Waals surface area contributed by atoms with E-state index in [0.717, 1.165) is 17.7 Å². The van der Waals surface area contributed by atoms with Crippen LogP contribution in [-0.2, 0) is 7.05 Å². The van der Waals surface area contributed by atoms with Crippen LogP contribution < -0.4 is 5.32 Å². The van der Waals surface area contributed by atoms with Crippen molar-refractivity contribution in [2.45, 2.75) is 40.0 Å². The number of rotatable bonds is 5. The number of benzene rings is 1. The number of nitrogens with one attached hydrogen (secondary N) is 1. The fourth-order valence-corrected chi connectivity index (χ4v) is 3.21. The van der Waals surface area contributed by atoms with Gasteiger partial charge in [-0.1, -0.05) is 50.6 Å². The second-order valence-electron chi connectivity index (χ2n) is 6.45. The van der Waals surface area contributed by atoms with E-state index in [1.54, 1.807) is 14.0 Å². The van der Waals surface area contributed by atoms with Gasteiger partial charge in [-0.05, 0) is 36.8 Å². The molecule has 2 aromatic rings. The summed E-state index contributed by atoms with van der Waals surface area (Å²) < 4.78 is 1.51. The van der Waals surface area contributed by atoms with Crippen molar-refractivity contribution in [3.05, 3.63) is 46.2 Å². The highest BCUT2D eigenvalue weighted by Gasteiger charge is 2.20. The first-order valence-corrected chi connectivity index (χ1v) is 8.28. The molecule has 1 N–H and O–H groups in total. The van der Waals surface area contributed by atoms with Crippen molar-refractivity contribution in [1.82, 2.24) is 9.78 Å². The largest absolute Gasteiger partial charge is 0.322 e. The van der Waals surface area contributed by atoms with E-state index in [1.165, 1.54) is 4.68 Å². The molecule has 0 bridgehead atoms. The van der Waals surface area contributed by atoms with Gasteiger partial charge in [0.2, 0.25) is 0 Å². The summed E-state index contributed by atoms with van der Waals surface area (Å²) in [4.78, 5) is 12.6. The number of nitrogens with zero attached hydrogens (tertiary/aromatic N) is 2. The summed E-state index contributed by atoms with van der Waals surface area (Å²) in [5.74, 6) is 0.755. The number of amides is 1. The number of carbonyl (C=O) groups excluding carboxylic acids is 1. The molecule has 1 aromatic carbocycles. The van der Waals surface area contributed by atoms with Gasteiger partial charge in [-0.15, -0.1) is 0 Å². The summed E-state index contributed by atoms with van der Waals surface area (Å²) in [5, 5.41) is 7.55. The van der Waals surface area contributed by atoms with Crippen LogP contribution in [0.3, 0.4) is 0 Å². The van der Waals surface area contributed by atoms with Crippen LogP contribution in [0.5, 0.6) is 0 Å². The highest BCUT2D eigenvalue weighted by molar-refractivity contribution is 6.33. The lowest BCUT2D eigenvalue weighted by atomic mass is 9.91. The molecule has 1 heterocycles. The van der Waals surface area contributed by atoms with E-state index in [0.29, 0.717) is 28.2 Å². The van der Waals surface area contributed by atoms with Crippen molar-refractivity contribution in [3.63, 3.8) is 0 Å². The van der Waals surface area contributed by atoms with E-state index in [9.17, 15) is 4.79 Å². The number of aromatic nitrogens is 2. The number of hydrogen-bond donors (Lipinski definition) is 1. The molecule has 0 radical (unpaired) electrons. The van der Waals surface area contributed by atoms with Crippen LogP contribution in [0.25, 0.3) is 0 Å². The zero-order chi connectivity index (χ0) is 17.1.